The minimum absolute atomic E-state index is 0.0306. The van der Waals surface area contributed by atoms with Crippen LogP contribution in [0.1, 0.15) is 51.7 Å². The van der Waals surface area contributed by atoms with Crippen LogP contribution in [-0.2, 0) is 5.41 Å². The highest BCUT2D eigenvalue weighted by molar-refractivity contribution is 6.32. The highest BCUT2D eigenvalue weighted by Gasteiger charge is 2.19. The van der Waals surface area contributed by atoms with Gasteiger partial charge in [0.05, 0.1) is 17.2 Å². The summed E-state index contributed by atoms with van der Waals surface area (Å²) < 4.78 is 5.61. The fourth-order valence-corrected chi connectivity index (χ4v) is 1.85. The van der Waals surface area contributed by atoms with Crippen molar-refractivity contribution in [1.29, 1.82) is 5.26 Å². The van der Waals surface area contributed by atoms with Crippen LogP contribution in [0.25, 0.3) is 0 Å². The Labute approximate surface area is 115 Å². The second-order valence-electron chi connectivity index (χ2n) is 5.40. The molecule has 1 aromatic rings. The Morgan fingerprint density at radius 1 is 1.33 bits per heavy atom. The van der Waals surface area contributed by atoms with E-state index in [9.17, 15) is 5.26 Å². The van der Waals surface area contributed by atoms with Crippen molar-refractivity contribution >= 4 is 11.6 Å². The van der Waals surface area contributed by atoms with Crippen LogP contribution in [0.4, 0.5) is 0 Å². The molecule has 0 aliphatic carbocycles. The largest absolute Gasteiger partial charge is 0.491 e. The van der Waals surface area contributed by atoms with E-state index >= 15 is 0 Å². The minimum atomic E-state index is -0.0306. The molecule has 0 saturated heterocycles. The average molecular weight is 266 g/mol. The van der Waals surface area contributed by atoms with Crippen LogP contribution >= 0.6 is 11.6 Å². The molecular formula is C15H20ClNO. The lowest BCUT2D eigenvalue weighted by Crippen LogP contribution is -2.12. The predicted octanol–water partition coefficient (Wildman–Crippen LogP) is 4.69. The molecule has 0 amide bonds. The van der Waals surface area contributed by atoms with Crippen molar-refractivity contribution in [2.45, 2.75) is 46.0 Å². The van der Waals surface area contributed by atoms with E-state index in [1.807, 2.05) is 12.1 Å². The monoisotopic (exact) mass is 265 g/mol. The van der Waals surface area contributed by atoms with Crippen molar-refractivity contribution in [3.8, 4) is 11.8 Å². The normalized spacial score (nSPS) is 11.1. The van der Waals surface area contributed by atoms with E-state index in [1.54, 1.807) is 0 Å². The van der Waals surface area contributed by atoms with Gasteiger partial charge in [-0.25, -0.2) is 0 Å². The average Bonchev–Trinajstić information content (AvgIpc) is 2.29. The van der Waals surface area contributed by atoms with Crippen molar-refractivity contribution in [2.75, 3.05) is 6.61 Å². The standard InChI is InChI=1S/C15H20ClNO/c1-5-6-7-18-14-11(10-17)8-12(9-13(14)16)15(2,3)4/h8-9H,5-7H2,1-4H3. The fourth-order valence-electron chi connectivity index (χ4n) is 1.57. The van der Waals surface area contributed by atoms with Gasteiger partial charge in [0.15, 0.2) is 5.75 Å². The van der Waals surface area contributed by atoms with Gasteiger partial charge in [0.1, 0.15) is 6.07 Å². The number of halogens is 1. The molecular weight excluding hydrogens is 246 g/mol. The molecule has 0 saturated carbocycles. The Morgan fingerprint density at radius 3 is 2.50 bits per heavy atom. The molecule has 3 heteroatoms. The van der Waals surface area contributed by atoms with Gasteiger partial charge >= 0.3 is 0 Å². The predicted molar refractivity (Wildman–Crippen MR) is 75.3 cm³/mol. The number of benzene rings is 1. The molecule has 2 nitrogen and oxygen atoms in total. The third-order valence-electron chi connectivity index (χ3n) is 2.77. The number of nitrogens with zero attached hydrogens (tertiary/aromatic N) is 1. The van der Waals surface area contributed by atoms with Crippen LogP contribution in [0.5, 0.6) is 5.75 Å². The van der Waals surface area contributed by atoms with Crippen molar-refractivity contribution in [3.63, 3.8) is 0 Å². The van der Waals surface area contributed by atoms with Crippen LogP contribution < -0.4 is 4.74 Å². The molecule has 0 aromatic heterocycles. The van der Waals surface area contributed by atoms with E-state index in [2.05, 4.69) is 33.8 Å². The second-order valence-corrected chi connectivity index (χ2v) is 5.81. The summed E-state index contributed by atoms with van der Waals surface area (Å²) in [5.41, 5.74) is 1.53. The van der Waals surface area contributed by atoms with Crippen molar-refractivity contribution in [2.24, 2.45) is 0 Å². The van der Waals surface area contributed by atoms with E-state index in [0.717, 1.165) is 18.4 Å². The first kappa shape index (κ1) is 14.9. The lowest BCUT2D eigenvalue weighted by Gasteiger charge is -2.21. The second kappa shape index (κ2) is 6.11. The maximum Gasteiger partial charge on any atom is 0.155 e. The number of hydrogen-bond donors (Lipinski definition) is 0. The zero-order valence-electron chi connectivity index (χ0n) is 11.5. The summed E-state index contributed by atoms with van der Waals surface area (Å²) in [6.45, 7) is 8.98. The zero-order chi connectivity index (χ0) is 13.8. The molecule has 0 bridgehead atoms. The molecule has 0 unspecified atom stereocenters. The third-order valence-corrected chi connectivity index (χ3v) is 3.06. The Bertz CT molecular complexity index is 455. The number of unbranched alkanes of at least 4 members (excludes halogenated alkanes) is 1. The molecule has 0 aliphatic rings. The number of hydrogen-bond acceptors (Lipinski definition) is 2. The molecule has 0 fully saturated rings. The topological polar surface area (TPSA) is 33.0 Å². The van der Waals surface area contributed by atoms with Crippen LogP contribution in [0.15, 0.2) is 12.1 Å². The lowest BCUT2D eigenvalue weighted by molar-refractivity contribution is 0.308. The molecule has 0 N–H and O–H groups in total. The van der Waals surface area contributed by atoms with E-state index in [0.29, 0.717) is 22.9 Å². The van der Waals surface area contributed by atoms with Crippen molar-refractivity contribution in [3.05, 3.63) is 28.3 Å². The third kappa shape index (κ3) is 3.65. The Hall–Kier alpha value is -1.20. The summed E-state index contributed by atoms with van der Waals surface area (Å²) in [4.78, 5) is 0. The summed E-state index contributed by atoms with van der Waals surface area (Å²) in [5, 5.41) is 9.72. The first-order chi connectivity index (χ1) is 8.40. The lowest BCUT2D eigenvalue weighted by atomic mass is 9.86. The minimum Gasteiger partial charge on any atom is -0.491 e. The van der Waals surface area contributed by atoms with Crippen LogP contribution in [0, 0.1) is 11.3 Å². The van der Waals surface area contributed by atoms with Gasteiger partial charge in [-0.15, -0.1) is 0 Å². The van der Waals surface area contributed by atoms with E-state index in [-0.39, 0.29) is 5.41 Å². The molecule has 0 aliphatic heterocycles. The van der Waals surface area contributed by atoms with Crippen LogP contribution in [0.2, 0.25) is 5.02 Å². The highest BCUT2D eigenvalue weighted by Crippen LogP contribution is 2.34. The zero-order valence-corrected chi connectivity index (χ0v) is 12.3. The Balaban J connectivity index is 3.10. The van der Waals surface area contributed by atoms with Gasteiger partial charge in [0.2, 0.25) is 0 Å². The maximum atomic E-state index is 9.20. The van der Waals surface area contributed by atoms with Gasteiger partial charge < -0.3 is 4.74 Å². The quantitative estimate of drug-likeness (QED) is 0.740. The molecule has 0 heterocycles. The van der Waals surface area contributed by atoms with Crippen molar-refractivity contribution in [1.82, 2.24) is 0 Å². The SMILES string of the molecule is CCCCOc1c(Cl)cc(C(C)(C)C)cc1C#N. The summed E-state index contributed by atoms with van der Waals surface area (Å²) in [6.07, 6.45) is 2.02. The number of nitriles is 1. The Kier molecular flexibility index (Phi) is 5.04. The van der Waals surface area contributed by atoms with Gasteiger partial charge in [-0.2, -0.15) is 5.26 Å². The fraction of sp³-hybridized carbons (Fsp3) is 0.533. The smallest absolute Gasteiger partial charge is 0.155 e. The van der Waals surface area contributed by atoms with Gasteiger partial charge in [0, 0.05) is 0 Å². The van der Waals surface area contributed by atoms with E-state index < -0.39 is 0 Å². The summed E-state index contributed by atoms with van der Waals surface area (Å²) in [6, 6.07) is 5.93. The van der Waals surface area contributed by atoms with Crippen molar-refractivity contribution < 1.29 is 4.74 Å². The maximum absolute atomic E-state index is 9.20. The van der Waals surface area contributed by atoms with Gasteiger partial charge in [-0.3, -0.25) is 0 Å². The first-order valence-electron chi connectivity index (χ1n) is 6.27. The summed E-state index contributed by atoms with van der Waals surface area (Å²) in [7, 11) is 0. The number of ether oxygens (including phenoxy) is 1. The van der Waals surface area contributed by atoms with Crippen LogP contribution in [-0.4, -0.2) is 6.61 Å². The molecule has 0 spiro atoms. The first-order valence-corrected chi connectivity index (χ1v) is 6.65. The Morgan fingerprint density at radius 2 is 2.00 bits per heavy atom. The van der Waals surface area contributed by atoms with E-state index in [1.165, 1.54) is 0 Å². The molecule has 0 atom stereocenters. The molecule has 0 radical (unpaired) electrons. The van der Waals surface area contributed by atoms with Gasteiger partial charge in [-0.05, 0) is 29.5 Å². The number of rotatable bonds is 4. The highest BCUT2D eigenvalue weighted by atomic mass is 35.5. The molecule has 1 rings (SSSR count). The van der Waals surface area contributed by atoms with Crippen LogP contribution in [0.3, 0.4) is 0 Å². The summed E-state index contributed by atoms with van der Waals surface area (Å²) in [5.74, 6) is 0.514. The molecule has 18 heavy (non-hydrogen) atoms. The summed E-state index contributed by atoms with van der Waals surface area (Å²) >= 11 is 6.22. The molecule has 98 valence electrons. The molecule has 1 aromatic carbocycles. The van der Waals surface area contributed by atoms with Gasteiger partial charge in [0.25, 0.3) is 0 Å². The van der Waals surface area contributed by atoms with Gasteiger partial charge in [-0.1, -0.05) is 45.7 Å². The van der Waals surface area contributed by atoms with E-state index in [4.69, 9.17) is 16.3 Å².